The molecule has 150 valence electrons. The van der Waals surface area contributed by atoms with Crippen LogP contribution in [0.3, 0.4) is 0 Å². The highest BCUT2D eigenvalue weighted by atomic mass is 16.2. The Morgan fingerprint density at radius 2 is 1.66 bits per heavy atom. The van der Waals surface area contributed by atoms with Gasteiger partial charge in [-0.3, -0.25) is 9.89 Å². The van der Waals surface area contributed by atoms with E-state index in [1.165, 1.54) is 11.1 Å². The quantitative estimate of drug-likeness (QED) is 0.712. The maximum absolute atomic E-state index is 12.9. The molecule has 2 heterocycles. The normalized spacial score (nSPS) is 15.1. The summed E-state index contributed by atoms with van der Waals surface area (Å²) in [5, 5.41) is 7.73. The van der Waals surface area contributed by atoms with E-state index in [1.807, 2.05) is 43.9 Å². The van der Waals surface area contributed by atoms with E-state index in [0.717, 1.165) is 28.9 Å². The molecule has 1 aromatic heterocycles. The van der Waals surface area contributed by atoms with Crippen LogP contribution in [0.15, 0.2) is 54.6 Å². The molecule has 0 saturated carbocycles. The van der Waals surface area contributed by atoms with Crippen molar-refractivity contribution in [2.75, 3.05) is 6.54 Å². The maximum atomic E-state index is 12.9. The summed E-state index contributed by atoms with van der Waals surface area (Å²) in [6.07, 6.45) is 0.771. The minimum absolute atomic E-state index is 0.00901. The van der Waals surface area contributed by atoms with Gasteiger partial charge in [-0.15, -0.1) is 0 Å². The Bertz CT molecular complexity index is 1000. The number of fused-ring (bicyclic) bond motifs is 1. The minimum Gasteiger partial charge on any atom is -0.336 e. The van der Waals surface area contributed by atoms with Gasteiger partial charge in [0.1, 0.15) is 0 Å². The fourth-order valence-corrected chi connectivity index (χ4v) is 3.74. The molecule has 1 amide bonds. The zero-order chi connectivity index (χ0) is 20.6. The SMILES string of the molecule is CC(C)(C)[C@H](N)C(=O)N1CCc2[nH]nc(-c3ccc(-c4ccccc4)cc3)c2C1. The number of hydrogen-bond acceptors (Lipinski definition) is 3. The summed E-state index contributed by atoms with van der Waals surface area (Å²) >= 11 is 0. The standard InChI is InChI=1S/C24H28N4O/c1-24(2,3)22(25)23(29)28-14-13-20-19(15-28)21(27-26-20)18-11-9-17(10-12-18)16-7-5-4-6-8-16/h4-12,22H,13-15,25H2,1-3H3,(H,26,27)/t22-/m1/s1. The first-order valence-electron chi connectivity index (χ1n) is 10.1. The topological polar surface area (TPSA) is 75.0 Å². The predicted molar refractivity (Wildman–Crippen MR) is 116 cm³/mol. The molecule has 0 fully saturated rings. The van der Waals surface area contributed by atoms with Crippen LogP contribution in [-0.4, -0.2) is 33.6 Å². The van der Waals surface area contributed by atoms with Crippen LogP contribution in [0.4, 0.5) is 0 Å². The van der Waals surface area contributed by atoms with E-state index in [2.05, 4.69) is 46.6 Å². The van der Waals surface area contributed by atoms with Gasteiger partial charge in [0, 0.05) is 36.3 Å². The Morgan fingerprint density at radius 1 is 1.03 bits per heavy atom. The molecule has 29 heavy (non-hydrogen) atoms. The van der Waals surface area contributed by atoms with Crippen molar-refractivity contribution in [2.45, 2.75) is 39.8 Å². The lowest BCUT2D eigenvalue weighted by atomic mass is 9.86. The summed E-state index contributed by atoms with van der Waals surface area (Å²) < 4.78 is 0. The third-order valence-corrected chi connectivity index (χ3v) is 5.71. The minimum atomic E-state index is -0.510. The molecular weight excluding hydrogens is 360 g/mol. The number of carbonyl (C=O) groups is 1. The second kappa shape index (κ2) is 7.48. The van der Waals surface area contributed by atoms with Crippen LogP contribution in [-0.2, 0) is 17.8 Å². The number of hydrogen-bond donors (Lipinski definition) is 2. The van der Waals surface area contributed by atoms with Gasteiger partial charge >= 0.3 is 0 Å². The zero-order valence-corrected chi connectivity index (χ0v) is 17.3. The van der Waals surface area contributed by atoms with Crippen LogP contribution in [0.2, 0.25) is 0 Å². The van der Waals surface area contributed by atoms with Crippen molar-refractivity contribution in [1.29, 1.82) is 0 Å². The first-order chi connectivity index (χ1) is 13.8. The summed E-state index contributed by atoms with van der Waals surface area (Å²) in [7, 11) is 0. The highest BCUT2D eigenvalue weighted by Crippen LogP contribution is 2.31. The predicted octanol–water partition coefficient (Wildman–Crippen LogP) is 4.00. The van der Waals surface area contributed by atoms with E-state index in [9.17, 15) is 4.79 Å². The first kappa shape index (κ1) is 19.4. The molecule has 0 saturated heterocycles. The van der Waals surface area contributed by atoms with Gasteiger partial charge in [-0.1, -0.05) is 75.4 Å². The molecule has 1 atom stereocenters. The summed E-state index contributed by atoms with van der Waals surface area (Å²) in [5.74, 6) is 0.00901. The van der Waals surface area contributed by atoms with Crippen molar-refractivity contribution in [2.24, 2.45) is 11.1 Å². The Balaban J connectivity index is 1.58. The second-order valence-corrected chi connectivity index (χ2v) is 8.83. The highest BCUT2D eigenvalue weighted by Gasteiger charge is 2.33. The van der Waals surface area contributed by atoms with Crippen molar-refractivity contribution in [3.05, 3.63) is 65.9 Å². The van der Waals surface area contributed by atoms with Gasteiger partial charge in [-0.25, -0.2) is 0 Å². The molecule has 0 unspecified atom stereocenters. The Hall–Kier alpha value is -2.92. The summed E-state index contributed by atoms with van der Waals surface area (Å²) in [5.41, 5.74) is 12.5. The first-order valence-corrected chi connectivity index (χ1v) is 10.1. The number of benzene rings is 2. The van der Waals surface area contributed by atoms with E-state index in [-0.39, 0.29) is 11.3 Å². The Kier molecular flexibility index (Phi) is 5.01. The fourth-order valence-electron chi connectivity index (χ4n) is 3.74. The van der Waals surface area contributed by atoms with E-state index in [4.69, 9.17) is 5.73 Å². The number of nitrogens with two attached hydrogens (primary N) is 1. The van der Waals surface area contributed by atoms with Gasteiger partial charge < -0.3 is 10.6 Å². The third-order valence-electron chi connectivity index (χ3n) is 5.71. The largest absolute Gasteiger partial charge is 0.336 e. The number of aromatic nitrogens is 2. The van der Waals surface area contributed by atoms with Crippen LogP contribution in [0.1, 0.15) is 32.0 Å². The zero-order valence-electron chi connectivity index (χ0n) is 17.3. The average Bonchev–Trinajstić information content (AvgIpc) is 3.16. The number of nitrogens with one attached hydrogen (secondary N) is 1. The molecule has 3 N–H and O–H groups in total. The molecule has 0 spiro atoms. The molecule has 5 heteroatoms. The number of amides is 1. The number of nitrogens with zero attached hydrogens (tertiary/aromatic N) is 2. The fraction of sp³-hybridized carbons (Fsp3) is 0.333. The van der Waals surface area contributed by atoms with E-state index in [0.29, 0.717) is 13.1 Å². The monoisotopic (exact) mass is 388 g/mol. The number of aromatic amines is 1. The van der Waals surface area contributed by atoms with Gasteiger partial charge in [0.15, 0.2) is 0 Å². The van der Waals surface area contributed by atoms with Crippen LogP contribution in [0.5, 0.6) is 0 Å². The van der Waals surface area contributed by atoms with Gasteiger partial charge in [0.05, 0.1) is 11.7 Å². The molecule has 1 aliphatic heterocycles. The molecule has 2 aromatic carbocycles. The molecule has 0 radical (unpaired) electrons. The van der Waals surface area contributed by atoms with Crippen LogP contribution < -0.4 is 5.73 Å². The molecular formula is C24H28N4O. The summed E-state index contributed by atoms with van der Waals surface area (Å²) in [6.45, 7) is 7.22. The van der Waals surface area contributed by atoms with Gasteiger partial charge in [0.25, 0.3) is 0 Å². The van der Waals surface area contributed by atoms with Gasteiger partial charge in [0.2, 0.25) is 5.91 Å². The number of rotatable bonds is 3. The smallest absolute Gasteiger partial charge is 0.240 e. The van der Waals surface area contributed by atoms with Gasteiger partial charge in [-0.05, 0) is 16.5 Å². The molecule has 0 aliphatic carbocycles. The van der Waals surface area contributed by atoms with Crippen molar-refractivity contribution >= 4 is 5.91 Å². The van der Waals surface area contributed by atoms with E-state index in [1.54, 1.807) is 0 Å². The number of H-pyrrole nitrogens is 1. The summed E-state index contributed by atoms with van der Waals surface area (Å²) in [6, 6.07) is 18.2. The van der Waals surface area contributed by atoms with E-state index >= 15 is 0 Å². The molecule has 5 nitrogen and oxygen atoms in total. The average molecular weight is 389 g/mol. The van der Waals surface area contributed by atoms with Crippen molar-refractivity contribution in [3.8, 4) is 22.4 Å². The van der Waals surface area contributed by atoms with Crippen molar-refractivity contribution in [3.63, 3.8) is 0 Å². The molecule has 1 aliphatic rings. The lowest BCUT2D eigenvalue weighted by Gasteiger charge is -2.34. The van der Waals surface area contributed by atoms with Crippen LogP contribution in [0, 0.1) is 5.41 Å². The lowest BCUT2D eigenvalue weighted by Crippen LogP contribution is -2.51. The Morgan fingerprint density at radius 3 is 2.31 bits per heavy atom. The molecule has 0 bridgehead atoms. The van der Waals surface area contributed by atoms with Crippen molar-refractivity contribution < 1.29 is 4.79 Å². The van der Waals surface area contributed by atoms with Crippen LogP contribution in [0.25, 0.3) is 22.4 Å². The summed E-state index contributed by atoms with van der Waals surface area (Å²) in [4.78, 5) is 14.8. The molecule has 4 rings (SSSR count). The van der Waals surface area contributed by atoms with Crippen molar-refractivity contribution in [1.82, 2.24) is 15.1 Å². The number of carbonyl (C=O) groups excluding carboxylic acids is 1. The van der Waals surface area contributed by atoms with Gasteiger partial charge in [-0.2, -0.15) is 5.10 Å². The Labute approximate surface area is 171 Å². The molecule has 3 aromatic rings. The lowest BCUT2D eigenvalue weighted by molar-refractivity contribution is -0.135. The van der Waals surface area contributed by atoms with E-state index < -0.39 is 6.04 Å². The highest BCUT2D eigenvalue weighted by molar-refractivity contribution is 5.83. The third kappa shape index (κ3) is 3.83. The van der Waals surface area contributed by atoms with Crippen LogP contribution >= 0.6 is 0 Å². The second-order valence-electron chi connectivity index (χ2n) is 8.83. The maximum Gasteiger partial charge on any atom is 0.240 e.